The standard InChI is InChI=1S/C15H19N3O/c1-11(2)17-7-6-12(9-17)15-16-8-13-4-3-5-14(10-19)18(13)15/h3-5,8,10-12H,6-7,9H2,1-2H3. The fourth-order valence-corrected chi connectivity index (χ4v) is 2.95. The van der Waals surface area contributed by atoms with Crippen LogP contribution in [0.3, 0.4) is 0 Å². The zero-order chi connectivity index (χ0) is 13.4. The van der Waals surface area contributed by atoms with Crippen molar-refractivity contribution >= 4 is 11.8 Å². The molecule has 19 heavy (non-hydrogen) atoms. The van der Waals surface area contributed by atoms with Crippen LogP contribution < -0.4 is 0 Å². The predicted molar refractivity (Wildman–Crippen MR) is 74.6 cm³/mol. The van der Waals surface area contributed by atoms with Gasteiger partial charge in [-0.1, -0.05) is 6.07 Å². The second-order valence-electron chi connectivity index (χ2n) is 5.52. The first-order chi connectivity index (χ1) is 9.20. The fourth-order valence-electron chi connectivity index (χ4n) is 2.95. The van der Waals surface area contributed by atoms with Crippen LogP contribution in [-0.4, -0.2) is 39.7 Å². The van der Waals surface area contributed by atoms with Crippen molar-refractivity contribution in [2.75, 3.05) is 13.1 Å². The molecule has 100 valence electrons. The molecule has 1 saturated heterocycles. The molecule has 0 aromatic carbocycles. The predicted octanol–water partition coefficient (Wildman–Crippen LogP) is 2.34. The van der Waals surface area contributed by atoms with E-state index in [1.54, 1.807) is 0 Å². The minimum absolute atomic E-state index is 0.422. The quantitative estimate of drug-likeness (QED) is 0.792. The molecule has 1 aliphatic rings. The van der Waals surface area contributed by atoms with Gasteiger partial charge in [-0.05, 0) is 38.9 Å². The van der Waals surface area contributed by atoms with Crippen LogP contribution in [-0.2, 0) is 0 Å². The Hall–Kier alpha value is -1.68. The molecular formula is C15H19N3O. The van der Waals surface area contributed by atoms with Crippen molar-refractivity contribution in [2.45, 2.75) is 32.2 Å². The minimum Gasteiger partial charge on any atom is -0.300 e. The van der Waals surface area contributed by atoms with Crippen LogP contribution in [0.1, 0.15) is 42.5 Å². The molecule has 2 aromatic heterocycles. The lowest BCUT2D eigenvalue weighted by atomic mass is 10.1. The van der Waals surface area contributed by atoms with Crippen molar-refractivity contribution in [2.24, 2.45) is 0 Å². The first-order valence-corrected chi connectivity index (χ1v) is 6.86. The molecule has 0 N–H and O–H groups in total. The number of imidazole rings is 1. The number of carbonyl (C=O) groups excluding carboxylic acids is 1. The van der Waals surface area contributed by atoms with E-state index in [1.807, 2.05) is 28.8 Å². The molecule has 3 rings (SSSR count). The van der Waals surface area contributed by atoms with E-state index in [9.17, 15) is 4.79 Å². The van der Waals surface area contributed by atoms with E-state index >= 15 is 0 Å². The molecule has 0 bridgehead atoms. The molecule has 4 heteroatoms. The topological polar surface area (TPSA) is 37.6 Å². The average Bonchev–Trinajstić information content (AvgIpc) is 3.04. The maximum Gasteiger partial charge on any atom is 0.166 e. The van der Waals surface area contributed by atoms with E-state index in [4.69, 9.17) is 0 Å². The molecule has 0 saturated carbocycles. The number of pyridine rings is 1. The molecule has 1 fully saturated rings. The number of aldehydes is 1. The summed E-state index contributed by atoms with van der Waals surface area (Å²) in [6, 6.07) is 6.32. The Morgan fingerprint density at radius 1 is 1.42 bits per heavy atom. The summed E-state index contributed by atoms with van der Waals surface area (Å²) in [4.78, 5) is 18.2. The van der Waals surface area contributed by atoms with Gasteiger partial charge in [-0.3, -0.25) is 9.20 Å². The first-order valence-electron chi connectivity index (χ1n) is 6.86. The van der Waals surface area contributed by atoms with Gasteiger partial charge < -0.3 is 4.90 Å². The Balaban J connectivity index is 2.00. The van der Waals surface area contributed by atoms with Crippen LogP contribution in [0.4, 0.5) is 0 Å². The average molecular weight is 257 g/mol. The molecule has 3 heterocycles. The second-order valence-corrected chi connectivity index (χ2v) is 5.52. The van der Waals surface area contributed by atoms with Crippen molar-refractivity contribution < 1.29 is 4.79 Å². The highest BCUT2D eigenvalue weighted by Crippen LogP contribution is 2.28. The monoisotopic (exact) mass is 257 g/mol. The third-order valence-electron chi connectivity index (χ3n) is 4.04. The summed E-state index contributed by atoms with van der Waals surface area (Å²) in [5.41, 5.74) is 1.69. The number of fused-ring (bicyclic) bond motifs is 1. The van der Waals surface area contributed by atoms with E-state index in [0.29, 0.717) is 17.7 Å². The summed E-state index contributed by atoms with van der Waals surface area (Å²) in [6.07, 6.45) is 3.89. The van der Waals surface area contributed by atoms with E-state index in [-0.39, 0.29) is 0 Å². The maximum absolute atomic E-state index is 11.2. The van der Waals surface area contributed by atoms with Gasteiger partial charge in [0.15, 0.2) is 6.29 Å². The number of nitrogens with zero attached hydrogens (tertiary/aromatic N) is 3. The maximum atomic E-state index is 11.2. The third-order valence-corrected chi connectivity index (χ3v) is 4.04. The number of carbonyl (C=O) groups is 1. The van der Waals surface area contributed by atoms with Gasteiger partial charge >= 0.3 is 0 Å². The Morgan fingerprint density at radius 3 is 2.95 bits per heavy atom. The Morgan fingerprint density at radius 2 is 2.26 bits per heavy atom. The van der Waals surface area contributed by atoms with Gasteiger partial charge in [-0.15, -0.1) is 0 Å². The van der Waals surface area contributed by atoms with Crippen LogP contribution >= 0.6 is 0 Å². The number of rotatable bonds is 3. The SMILES string of the molecule is CC(C)N1CCC(c2ncc3cccc(C=O)n23)C1. The van der Waals surface area contributed by atoms with Gasteiger partial charge in [0, 0.05) is 18.5 Å². The molecule has 1 atom stereocenters. The van der Waals surface area contributed by atoms with Crippen molar-refractivity contribution in [1.29, 1.82) is 0 Å². The number of hydrogen-bond donors (Lipinski definition) is 0. The van der Waals surface area contributed by atoms with E-state index in [0.717, 1.165) is 37.1 Å². The summed E-state index contributed by atoms with van der Waals surface area (Å²) in [7, 11) is 0. The van der Waals surface area contributed by atoms with Gasteiger partial charge in [0.2, 0.25) is 0 Å². The molecule has 0 amide bonds. The lowest BCUT2D eigenvalue weighted by molar-refractivity contribution is 0.111. The van der Waals surface area contributed by atoms with Crippen molar-refractivity contribution in [1.82, 2.24) is 14.3 Å². The number of hydrogen-bond acceptors (Lipinski definition) is 3. The number of aromatic nitrogens is 2. The van der Waals surface area contributed by atoms with Crippen LogP contribution in [0.25, 0.3) is 5.52 Å². The van der Waals surface area contributed by atoms with Crippen LogP contribution in [0.5, 0.6) is 0 Å². The molecule has 1 aliphatic heterocycles. The molecule has 1 unspecified atom stereocenters. The zero-order valence-electron chi connectivity index (χ0n) is 11.4. The van der Waals surface area contributed by atoms with Gasteiger partial charge in [-0.25, -0.2) is 4.98 Å². The Kier molecular flexibility index (Phi) is 3.11. The zero-order valence-corrected chi connectivity index (χ0v) is 11.4. The van der Waals surface area contributed by atoms with Crippen LogP contribution in [0.15, 0.2) is 24.4 Å². The molecular weight excluding hydrogens is 238 g/mol. The van der Waals surface area contributed by atoms with E-state index in [1.165, 1.54) is 0 Å². The third kappa shape index (κ3) is 2.06. The molecule has 0 radical (unpaired) electrons. The van der Waals surface area contributed by atoms with Crippen LogP contribution in [0, 0.1) is 0 Å². The largest absolute Gasteiger partial charge is 0.300 e. The summed E-state index contributed by atoms with van der Waals surface area (Å²) in [6.45, 7) is 6.59. The lowest BCUT2D eigenvalue weighted by Crippen LogP contribution is -2.28. The highest BCUT2D eigenvalue weighted by atomic mass is 16.1. The van der Waals surface area contributed by atoms with Gasteiger partial charge in [0.25, 0.3) is 0 Å². The summed E-state index contributed by atoms with van der Waals surface area (Å²) < 4.78 is 2.00. The van der Waals surface area contributed by atoms with Crippen LogP contribution in [0.2, 0.25) is 0 Å². The Labute approximate surface area is 113 Å². The van der Waals surface area contributed by atoms with Crippen molar-refractivity contribution in [3.05, 3.63) is 35.9 Å². The molecule has 2 aromatic rings. The highest BCUT2D eigenvalue weighted by Gasteiger charge is 2.28. The lowest BCUT2D eigenvalue weighted by Gasteiger charge is -2.20. The van der Waals surface area contributed by atoms with Crippen molar-refractivity contribution in [3.63, 3.8) is 0 Å². The molecule has 0 aliphatic carbocycles. The Bertz CT molecular complexity index is 602. The summed E-state index contributed by atoms with van der Waals surface area (Å²) >= 11 is 0. The summed E-state index contributed by atoms with van der Waals surface area (Å²) in [5, 5.41) is 0. The summed E-state index contributed by atoms with van der Waals surface area (Å²) in [5.74, 6) is 1.45. The van der Waals surface area contributed by atoms with E-state index in [2.05, 4.69) is 23.7 Å². The highest BCUT2D eigenvalue weighted by molar-refractivity contribution is 5.74. The van der Waals surface area contributed by atoms with Gasteiger partial charge in [-0.2, -0.15) is 0 Å². The molecule has 0 spiro atoms. The smallest absolute Gasteiger partial charge is 0.166 e. The van der Waals surface area contributed by atoms with Crippen molar-refractivity contribution in [3.8, 4) is 0 Å². The second kappa shape index (κ2) is 4.78. The minimum atomic E-state index is 0.422. The molecule has 4 nitrogen and oxygen atoms in total. The first kappa shape index (κ1) is 12.4. The van der Waals surface area contributed by atoms with Gasteiger partial charge in [0.1, 0.15) is 5.82 Å². The normalized spacial score (nSPS) is 20.5. The van der Waals surface area contributed by atoms with Gasteiger partial charge in [0.05, 0.1) is 17.4 Å². The van der Waals surface area contributed by atoms with E-state index < -0.39 is 0 Å². The number of likely N-dealkylation sites (tertiary alicyclic amines) is 1. The fraction of sp³-hybridized carbons (Fsp3) is 0.467.